The number of hydrazine groups is 1. The van der Waals surface area contributed by atoms with Gasteiger partial charge in [-0.3, -0.25) is 15.6 Å². The van der Waals surface area contributed by atoms with Gasteiger partial charge in [0.1, 0.15) is 22.4 Å². The number of methoxy groups -OCH3 is 1. The van der Waals surface area contributed by atoms with Gasteiger partial charge < -0.3 is 9.15 Å². The third-order valence-electron chi connectivity index (χ3n) is 4.85. The summed E-state index contributed by atoms with van der Waals surface area (Å²) >= 11 is 7.48. The predicted molar refractivity (Wildman–Crippen MR) is 122 cm³/mol. The van der Waals surface area contributed by atoms with Crippen LogP contribution in [0.1, 0.15) is 10.4 Å². The van der Waals surface area contributed by atoms with Crippen LogP contribution in [0.2, 0.25) is 5.02 Å². The highest BCUT2D eigenvalue weighted by Gasteiger charge is 2.17. The smallest absolute Gasteiger partial charge is 0.349 e. The van der Waals surface area contributed by atoms with E-state index in [1.807, 2.05) is 30.3 Å². The van der Waals surface area contributed by atoms with Crippen molar-refractivity contribution in [1.82, 2.24) is 10.4 Å². The average molecular weight is 452 g/mol. The molecule has 0 aliphatic rings. The van der Waals surface area contributed by atoms with Crippen LogP contribution in [0.25, 0.3) is 32.0 Å². The number of nitrogens with zero attached hydrogens (tertiary/aromatic N) is 1. The van der Waals surface area contributed by atoms with Gasteiger partial charge in [-0.25, -0.2) is 9.78 Å². The van der Waals surface area contributed by atoms with E-state index in [-0.39, 0.29) is 5.56 Å². The second-order valence-corrected chi connectivity index (χ2v) is 8.08. The number of rotatable bonds is 4. The summed E-state index contributed by atoms with van der Waals surface area (Å²) in [7, 11) is 1.54. The SMILES string of the molecule is COc1ccc(Cl)c2sc(NNC(=O)c3cc4c(ccc5ccccc54)oc3=O)nc12. The predicted octanol–water partition coefficient (Wildman–Crippen LogP) is 4.97. The standard InChI is InChI=1S/C22H14ClN3O4S/c1-29-17-9-7-15(23)19-18(17)24-22(31-19)26-25-20(27)14-10-13-12-5-3-2-4-11(12)6-8-16(13)30-21(14)28/h2-10H,1H3,(H,24,26)(H,25,27). The highest BCUT2D eigenvalue weighted by atomic mass is 35.5. The first-order valence-corrected chi connectivity index (χ1v) is 10.4. The van der Waals surface area contributed by atoms with Crippen molar-refractivity contribution in [1.29, 1.82) is 0 Å². The fourth-order valence-electron chi connectivity index (χ4n) is 3.38. The molecule has 0 radical (unpaired) electrons. The quantitative estimate of drug-likeness (QED) is 0.227. The van der Waals surface area contributed by atoms with Crippen molar-refractivity contribution in [3.05, 3.63) is 75.6 Å². The topological polar surface area (TPSA) is 93.5 Å². The van der Waals surface area contributed by atoms with Gasteiger partial charge in [-0.05, 0) is 35.0 Å². The Morgan fingerprint density at radius 3 is 2.81 bits per heavy atom. The summed E-state index contributed by atoms with van der Waals surface area (Å²) in [5.41, 5.74) is 5.39. The third kappa shape index (κ3) is 3.35. The Labute approximate surface area is 184 Å². The number of hydrogen-bond acceptors (Lipinski definition) is 7. The van der Waals surface area contributed by atoms with Crippen molar-refractivity contribution in [2.45, 2.75) is 0 Å². The van der Waals surface area contributed by atoms with Crippen LogP contribution in [-0.4, -0.2) is 18.0 Å². The Morgan fingerprint density at radius 1 is 1.13 bits per heavy atom. The molecule has 5 aromatic rings. The summed E-state index contributed by atoms with van der Waals surface area (Å²) < 4.78 is 11.4. The molecule has 0 atom stereocenters. The summed E-state index contributed by atoms with van der Waals surface area (Å²) in [4.78, 5) is 29.5. The van der Waals surface area contributed by atoms with Crippen molar-refractivity contribution < 1.29 is 13.9 Å². The van der Waals surface area contributed by atoms with Crippen LogP contribution in [-0.2, 0) is 0 Å². The molecule has 3 aromatic carbocycles. The Morgan fingerprint density at radius 2 is 1.97 bits per heavy atom. The van der Waals surface area contributed by atoms with Gasteiger partial charge in [0, 0.05) is 5.39 Å². The molecule has 0 spiro atoms. The number of benzene rings is 3. The molecule has 1 amide bonds. The van der Waals surface area contributed by atoms with Crippen LogP contribution in [0, 0.1) is 0 Å². The summed E-state index contributed by atoms with van der Waals surface area (Å²) in [5, 5.41) is 3.46. The van der Waals surface area contributed by atoms with Crippen LogP contribution >= 0.6 is 22.9 Å². The maximum atomic E-state index is 12.7. The Bertz CT molecular complexity index is 1540. The maximum absolute atomic E-state index is 12.7. The van der Waals surface area contributed by atoms with E-state index < -0.39 is 11.5 Å². The Hall–Kier alpha value is -3.62. The van der Waals surface area contributed by atoms with Gasteiger partial charge in [0.25, 0.3) is 5.91 Å². The van der Waals surface area contributed by atoms with Crippen LogP contribution in [0.15, 0.2) is 63.8 Å². The lowest BCUT2D eigenvalue weighted by molar-refractivity contribution is 0.0959. The zero-order chi connectivity index (χ0) is 21.5. The van der Waals surface area contributed by atoms with Crippen molar-refractivity contribution >= 4 is 65.9 Å². The second-order valence-electron chi connectivity index (χ2n) is 6.67. The number of anilines is 1. The van der Waals surface area contributed by atoms with E-state index in [0.29, 0.717) is 32.4 Å². The molecule has 2 N–H and O–H groups in total. The number of nitrogens with one attached hydrogen (secondary N) is 2. The molecule has 2 aromatic heterocycles. The van der Waals surface area contributed by atoms with E-state index in [0.717, 1.165) is 15.5 Å². The minimum absolute atomic E-state index is 0.118. The molecule has 0 saturated heterocycles. The van der Waals surface area contributed by atoms with Crippen molar-refractivity contribution in [3.63, 3.8) is 0 Å². The Kier molecular flexibility index (Phi) is 4.72. The van der Waals surface area contributed by atoms with E-state index in [1.165, 1.54) is 11.3 Å². The van der Waals surface area contributed by atoms with Gasteiger partial charge >= 0.3 is 5.63 Å². The Balaban J connectivity index is 1.47. The number of aromatic nitrogens is 1. The fourth-order valence-corrected chi connectivity index (χ4v) is 4.49. The molecule has 2 heterocycles. The first-order chi connectivity index (χ1) is 15.0. The molecule has 0 fully saturated rings. The van der Waals surface area contributed by atoms with Crippen LogP contribution in [0.5, 0.6) is 5.75 Å². The number of ether oxygens (including phenoxy) is 1. The highest BCUT2D eigenvalue weighted by Crippen LogP contribution is 2.37. The van der Waals surface area contributed by atoms with E-state index in [4.69, 9.17) is 20.8 Å². The summed E-state index contributed by atoms with van der Waals surface area (Å²) in [6.07, 6.45) is 0. The largest absolute Gasteiger partial charge is 0.494 e. The normalized spacial score (nSPS) is 11.2. The lowest BCUT2D eigenvalue weighted by atomic mass is 10.0. The lowest BCUT2D eigenvalue weighted by Crippen LogP contribution is -2.32. The molecule has 0 saturated carbocycles. The zero-order valence-corrected chi connectivity index (χ0v) is 17.6. The van der Waals surface area contributed by atoms with Gasteiger partial charge in [-0.15, -0.1) is 0 Å². The number of carbonyl (C=O) groups excluding carboxylic acids is 1. The zero-order valence-electron chi connectivity index (χ0n) is 16.1. The van der Waals surface area contributed by atoms with Crippen LogP contribution in [0.4, 0.5) is 5.13 Å². The summed E-state index contributed by atoms with van der Waals surface area (Å²) in [5.74, 6) is -0.0713. The third-order valence-corrected chi connectivity index (χ3v) is 6.28. The number of halogens is 1. The molecule has 9 heteroatoms. The fraction of sp³-hybridized carbons (Fsp3) is 0.0455. The molecular formula is C22H14ClN3O4S. The number of thiazole rings is 1. The maximum Gasteiger partial charge on any atom is 0.349 e. The molecule has 0 bridgehead atoms. The number of hydrogen-bond donors (Lipinski definition) is 2. The molecule has 0 unspecified atom stereocenters. The average Bonchev–Trinajstić information content (AvgIpc) is 3.22. The summed E-state index contributed by atoms with van der Waals surface area (Å²) in [6.45, 7) is 0. The van der Waals surface area contributed by atoms with Crippen molar-refractivity contribution in [3.8, 4) is 5.75 Å². The van der Waals surface area contributed by atoms with Gasteiger partial charge in [0.15, 0.2) is 0 Å². The molecule has 5 rings (SSSR count). The van der Waals surface area contributed by atoms with Gasteiger partial charge in [-0.2, -0.15) is 0 Å². The minimum atomic E-state index is -0.726. The van der Waals surface area contributed by atoms with Gasteiger partial charge in [0.2, 0.25) is 5.13 Å². The highest BCUT2D eigenvalue weighted by molar-refractivity contribution is 7.22. The molecule has 7 nitrogen and oxygen atoms in total. The molecule has 31 heavy (non-hydrogen) atoms. The van der Waals surface area contributed by atoms with Crippen molar-refractivity contribution in [2.75, 3.05) is 12.5 Å². The van der Waals surface area contributed by atoms with Crippen molar-refractivity contribution in [2.24, 2.45) is 0 Å². The monoisotopic (exact) mass is 451 g/mol. The first kappa shape index (κ1) is 19.3. The second kappa shape index (κ2) is 7.57. The number of carbonyl (C=O) groups is 1. The minimum Gasteiger partial charge on any atom is -0.494 e. The van der Waals surface area contributed by atoms with Gasteiger partial charge in [0.05, 0.1) is 16.8 Å². The van der Waals surface area contributed by atoms with Crippen LogP contribution < -0.4 is 21.2 Å². The molecular weight excluding hydrogens is 438 g/mol. The number of amides is 1. The van der Waals surface area contributed by atoms with Gasteiger partial charge in [-0.1, -0.05) is 53.3 Å². The lowest BCUT2D eigenvalue weighted by Gasteiger charge is -2.07. The first-order valence-electron chi connectivity index (χ1n) is 9.20. The van der Waals surface area contributed by atoms with E-state index in [9.17, 15) is 9.59 Å². The number of fused-ring (bicyclic) bond motifs is 4. The van der Waals surface area contributed by atoms with E-state index in [2.05, 4.69) is 15.8 Å². The van der Waals surface area contributed by atoms with E-state index in [1.54, 1.807) is 31.4 Å². The molecule has 0 aliphatic carbocycles. The summed E-state index contributed by atoms with van der Waals surface area (Å²) in [6, 6.07) is 16.2. The van der Waals surface area contributed by atoms with Crippen LogP contribution in [0.3, 0.4) is 0 Å². The van der Waals surface area contributed by atoms with E-state index >= 15 is 0 Å². The molecule has 154 valence electrons. The molecule has 0 aliphatic heterocycles.